The standard InChI is InChI=1S/C27H28N4/c1-21-24-14-8-9-15-25(24)29-26(28-21)20-30-16-18-31(19-17-30)27(22-10-4-2-5-11-22)23-12-6-3-7-13-23/h2-15,27H,16-20H2,1H3. The van der Waals surface area contributed by atoms with Crippen molar-refractivity contribution in [2.24, 2.45) is 0 Å². The van der Waals surface area contributed by atoms with Crippen LogP contribution in [0.1, 0.15) is 28.7 Å². The lowest BCUT2D eigenvalue weighted by Gasteiger charge is -2.39. The van der Waals surface area contributed by atoms with Crippen molar-refractivity contribution < 1.29 is 0 Å². The van der Waals surface area contributed by atoms with Gasteiger partial charge in [0, 0.05) is 37.3 Å². The summed E-state index contributed by atoms with van der Waals surface area (Å²) >= 11 is 0. The number of hydrogen-bond donors (Lipinski definition) is 0. The van der Waals surface area contributed by atoms with Crippen molar-refractivity contribution in [2.45, 2.75) is 19.5 Å². The second-order valence-corrected chi connectivity index (χ2v) is 8.28. The van der Waals surface area contributed by atoms with Crippen LogP contribution in [-0.4, -0.2) is 45.9 Å². The molecule has 0 saturated carbocycles. The van der Waals surface area contributed by atoms with Crippen molar-refractivity contribution >= 4 is 10.9 Å². The van der Waals surface area contributed by atoms with E-state index < -0.39 is 0 Å². The Morgan fingerprint density at radius 2 is 1.29 bits per heavy atom. The molecule has 0 radical (unpaired) electrons. The summed E-state index contributed by atoms with van der Waals surface area (Å²) in [5.74, 6) is 0.923. The molecule has 0 atom stereocenters. The average molecular weight is 409 g/mol. The molecule has 1 saturated heterocycles. The number of aromatic nitrogens is 2. The Balaban J connectivity index is 1.31. The Morgan fingerprint density at radius 3 is 1.94 bits per heavy atom. The van der Waals surface area contributed by atoms with Gasteiger partial charge in [-0.2, -0.15) is 0 Å². The first-order chi connectivity index (χ1) is 15.3. The molecule has 156 valence electrons. The molecule has 4 aromatic rings. The Hall–Kier alpha value is -3.08. The van der Waals surface area contributed by atoms with Gasteiger partial charge in [-0.15, -0.1) is 0 Å². The van der Waals surface area contributed by atoms with Crippen molar-refractivity contribution in [3.05, 3.63) is 108 Å². The molecule has 3 aromatic carbocycles. The fraction of sp³-hybridized carbons (Fsp3) is 0.259. The van der Waals surface area contributed by atoms with Crippen molar-refractivity contribution in [1.82, 2.24) is 19.8 Å². The minimum atomic E-state index is 0.295. The predicted molar refractivity (Wildman–Crippen MR) is 126 cm³/mol. The Bertz CT molecular complexity index is 1100. The van der Waals surface area contributed by atoms with Crippen LogP contribution in [0.4, 0.5) is 0 Å². The molecule has 1 aromatic heterocycles. The van der Waals surface area contributed by atoms with Gasteiger partial charge < -0.3 is 0 Å². The molecule has 2 heterocycles. The molecule has 0 unspecified atom stereocenters. The first kappa shape index (κ1) is 19.9. The number of para-hydroxylation sites is 1. The highest BCUT2D eigenvalue weighted by Gasteiger charge is 2.26. The summed E-state index contributed by atoms with van der Waals surface area (Å²) in [4.78, 5) is 14.7. The highest BCUT2D eigenvalue weighted by molar-refractivity contribution is 5.80. The third-order valence-electron chi connectivity index (χ3n) is 6.21. The number of piperazine rings is 1. The van der Waals surface area contributed by atoms with Crippen molar-refractivity contribution in [3.8, 4) is 0 Å². The van der Waals surface area contributed by atoms with Gasteiger partial charge in [0.05, 0.1) is 18.1 Å². The quantitative estimate of drug-likeness (QED) is 0.473. The second kappa shape index (κ2) is 8.96. The summed E-state index contributed by atoms with van der Waals surface area (Å²) in [7, 11) is 0. The molecule has 1 fully saturated rings. The van der Waals surface area contributed by atoms with Crippen LogP contribution in [0.25, 0.3) is 10.9 Å². The van der Waals surface area contributed by atoms with E-state index in [9.17, 15) is 0 Å². The van der Waals surface area contributed by atoms with Crippen LogP contribution in [0.3, 0.4) is 0 Å². The van der Waals surface area contributed by atoms with Crippen molar-refractivity contribution in [3.63, 3.8) is 0 Å². The van der Waals surface area contributed by atoms with Crippen LogP contribution in [0.5, 0.6) is 0 Å². The van der Waals surface area contributed by atoms with Crippen LogP contribution in [0.15, 0.2) is 84.9 Å². The highest BCUT2D eigenvalue weighted by atomic mass is 15.3. The van der Waals surface area contributed by atoms with Crippen LogP contribution in [0, 0.1) is 6.92 Å². The van der Waals surface area contributed by atoms with Crippen LogP contribution in [-0.2, 0) is 6.54 Å². The maximum Gasteiger partial charge on any atom is 0.143 e. The molecule has 0 bridgehead atoms. The third-order valence-corrected chi connectivity index (χ3v) is 6.21. The second-order valence-electron chi connectivity index (χ2n) is 8.28. The molecule has 0 amide bonds. The van der Waals surface area contributed by atoms with Gasteiger partial charge in [-0.25, -0.2) is 9.97 Å². The van der Waals surface area contributed by atoms with Crippen molar-refractivity contribution in [1.29, 1.82) is 0 Å². The van der Waals surface area contributed by atoms with Gasteiger partial charge in [0.2, 0.25) is 0 Å². The molecule has 1 aliphatic heterocycles. The van der Waals surface area contributed by atoms with E-state index in [0.717, 1.165) is 55.1 Å². The van der Waals surface area contributed by atoms with E-state index in [4.69, 9.17) is 9.97 Å². The number of aryl methyl sites for hydroxylation is 1. The van der Waals surface area contributed by atoms with Crippen LogP contribution in [0.2, 0.25) is 0 Å². The van der Waals surface area contributed by atoms with Crippen molar-refractivity contribution in [2.75, 3.05) is 26.2 Å². The normalized spacial score (nSPS) is 15.5. The number of hydrogen-bond acceptors (Lipinski definition) is 4. The molecule has 0 N–H and O–H groups in total. The minimum absolute atomic E-state index is 0.295. The molecule has 1 aliphatic rings. The fourth-order valence-electron chi connectivity index (χ4n) is 4.63. The number of rotatable bonds is 5. The lowest BCUT2D eigenvalue weighted by molar-refractivity contribution is 0.103. The summed E-state index contributed by atoms with van der Waals surface area (Å²) in [5.41, 5.74) is 4.82. The number of fused-ring (bicyclic) bond motifs is 1. The average Bonchev–Trinajstić information content (AvgIpc) is 2.82. The van der Waals surface area contributed by atoms with Crippen LogP contribution >= 0.6 is 0 Å². The van der Waals surface area contributed by atoms with E-state index in [1.807, 2.05) is 12.1 Å². The zero-order chi connectivity index (χ0) is 21.0. The molecule has 0 spiro atoms. The van der Waals surface area contributed by atoms with Gasteiger partial charge in [-0.3, -0.25) is 9.80 Å². The summed E-state index contributed by atoms with van der Waals surface area (Å²) < 4.78 is 0. The predicted octanol–water partition coefficient (Wildman–Crippen LogP) is 4.85. The summed E-state index contributed by atoms with van der Waals surface area (Å²) in [6.07, 6.45) is 0. The van der Waals surface area contributed by atoms with E-state index in [-0.39, 0.29) is 0 Å². The first-order valence-corrected chi connectivity index (χ1v) is 11.1. The van der Waals surface area contributed by atoms with Gasteiger partial charge in [0.1, 0.15) is 5.82 Å². The maximum atomic E-state index is 4.81. The monoisotopic (exact) mass is 408 g/mol. The Kier molecular flexibility index (Phi) is 5.74. The van der Waals surface area contributed by atoms with Crippen LogP contribution < -0.4 is 0 Å². The third kappa shape index (κ3) is 4.36. The molecule has 31 heavy (non-hydrogen) atoms. The van der Waals surface area contributed by atoms with Gasteiger partial charge >= 0.3 is 0 Å². The highest BCUT2D eigenvalue weighted by Crippen LogP contribution is 2.29. The molecule has 4 nitrogen and oxygen atoms in total. The fourth-order valence-corrected chi connectivity index (χ4v) is 4.63. The van der Waals surface area contributed by atoms with E-state index in [2.05, 4.69) is 89.5 Å². The zero-order valence-corrected chi connectivity index (χ0v) is 18.0. The SMILES string of the molecule is Cc1nc(CN2CCN(C(c3ccccc3)c3ccccc3)CC2)nc2ccccc12. The lowest BCUT2D eigenvalue weighted by atomic mass is 9.96. The van der Waals surface area contributed by atoms with Gasteiger partial charge in [-0.1, -0.05) is 78.9 Å². The molecule has 4 heteroatoms. The van der Waals surface area contributed by atoms with Gasteiger partial charge in [0.15, 0.2) is 0 Å². The van der Waals surface area contributed by atoms with E-state index >= 15 is 0 Å². The largest absolute Gasteiger partial charge is 0.293 e. The Labute approximate surface area is 184 Å². The molecular weight excluding hydrogens is 380 g/mol. The number of nitrogens with zero attached hydrogens (tertiary/aromatic N) is 4. The lowest BCUT2D eigenvalue weighted by Crippen LogP contribution is -2.47. The minimum Gasteiger partial charge on any atom is -0.293 e. The number of benzene rings is 3. The summed E-state index contributed by atoms with van der Waals surface area (Å²) in [6, 6.07) is 30.3. The van der Waals surface area contributed by atoms with E-state index in [1.54, 1.807) is 0 Å². The van der Waals surface area contributed by atoms with E-state index in [1.165, 1.54) is 11.1 Å². The maximum absolute atomic E-state index is 4.81. The van der Waals surface area contributed by atoms with E-state index in [0.29, 0.717) is 6.04 Å². The van der Waals surface area contributed by atoms with Gasteiger partial charge in [-0.05, 0) is 24.1 Å². The molecule has 5 rings (SSSR count). The zero-order valence-electron chi connectivity index (χ0n) is 18.0. The summed E-state index contributed by atoms with van der Waals surface area (Å²) in [6.45, 7) is 6.98. The Morgan fingerprint density at radius 1 is 0.710 bits per heavy atom. The smallest absolute Gasteiger partial charge is 0.143 e. The first-order valence-electron chi connectivity index (χ1n) is 11.1. The van der Waals surface area contributed by atoms with Gasteiger partial charge in [0.25, 0.3) is 0 Å². The molecule has 0 aliphatic carbocycles. The summed E-state index contributed by atoms with van der Waals surface area (Å²) in [5, 5.41) is 1.14. The topological polar surface area (TPSA) is 32.3 Å². The molecular formula is C27H28N4.